The van der Waals surface area contributed by atoms with Gasteiger partial charge in [-0.15, -0.1) is 11.8 Å². The number of hydrogen-bond acceptors (Lipinski definition) is 2. The maximum absolute atomic E-state index is 12.7. The van der Waals surface area contributed by atoms with E-state index < -0.39 is 0 Å². The van der Waals surface area contributed by atoms with Crippen LogP contribution in [0.3, 0.4) is 0 Å². The number of amides is 1. The average molecular weight is 344 g/mol. The van der Waals surface area contributed by atoms with Crippen LogP contribution in [-0.2, 0) is 4.79 Å². The third-order valence-corrected chi connectivity index (χ3v) is 4.37. The van der Waals surface area contributed by atoms with E-state index in [4.69, 9.17) is 23.2 Å². The minimum atomic E-state index is -0.267. The zero-order valence-electron chi connectivity index (χ0n) is 10.9. The number of halogens is 3. The van der Waals surface area contributed by atoms with Gasteiger partial charge in [0.05, 0.1) is 10.0 Å². The van der Waals surface area contributed by atoms with E-state index >= 15 is 0 Å². The molecule has 21 heavy (non-hydrogen) atoms. The fraction of sp³-hybridized carbons (Fsp3) is 0.133. The number of carbonyl (C=O) groups excluding carboxylic acids is 1. The van der Waals surface area contributed by atoms with Crippen molar-refractivity contribution >= 4 is 46.6 Å². The second kappa shape index (κ2) is 7.69. The molecule has 0 unspecified atom stereocenters. The monoisotopic (exact) mass is 343 g/mol. The van der Waals surface area contributed by atoms with Crippen molar-refractivity contribution in [2.75, 3.05) is 11.1 Å². The van der Waals surface area contributed by atoms with E-state index in [1.165, 1.54) is 23.9 Å². The van der Waals surface area contributed by atoms with Crippen LogP contribution >= 0.6 is 35.0 Å². The molecule has 0 aliphatic rings. The number of carbonyl (C=O) groups is 1. The van der Waals surface area contributed by atoms with Crippen LogP contribution in [-0.4, -0.2) is 11.7 Å². The van der Waals surface area contributed by atoms with Crippen molar-refractivity contribution in [3.8, 4) is 0 Å². The van der Waals surface area contributed by atoms with Gasteiger partial charge in [-0.25, -0.2) is 4.39 Å². The first-order valence-electron chi connectivity index (χ1n) is 6.18. The molecule has 1 N–H and O–H groups in total. The van der Waals surface area contributed by atoms with Crippen LogP contribution in [0.1, 0.15) is 6.42 Å². The zero-order valence-corrected chi connectivity index (χ0v) is 13.2. The Bertz CT molecular complexity index is 634. The minimum Gasteiger partial charge on any atom is -0.326 e. The Kier molecular flexibility index (Phi) is 5.91. The summed E-state index contributed by atoms with van der Waals surface area (Å²) in [5, 5.41) is 3.59. The molecule has 2 aromatic carbocycles. The summed E-state index contributed by atoms with van der Waals surface area (Å²) in [6.07, 6.45) is 0.349. The minimum absolute atomic E-state index is 0.108. The average Bonchev–Trinajstić information content (AvgIpc) is 2.45. The summed E-state index contributed by atoms with van der Waals surface area (Å²) in [5.74, 6) is 0.235. The van der Waals surface area contributed by atoms with Gasteiger partial charge in [0.1, 0.15) is 5.82 Å². The molecule has 0 heterocycles. The van der Waals surface area contributed by atoms with Gasteiger partial charge in [-0.3, -0.25) is 4.79 Å². The van der Waals surface area contributed by atoms with Crippen molar-refractivity contribution in [1.29, 1.82) is 0 Å². The van der Waals surface area contributed by atoms with E-state index in [0.29, 0.717) is 27.9 Å². The van der Waals surface area contributed by atoms with E-state index in [1.807, 2.05) is 0 Å². The molecule has 0 saturated heterocycles. The van der Waals surface area contributed by atoms with Crippen molar-refractivity contribution in [1.82, 2.24) is 0 Å². The number of nitrogens with one attached hydrogen (secondary N) is 1. The predicted molar refractivity (Wildman–Crippen MR) is 86.8 cm³/mol. The number of anilines is 1. The van der Waals surface area contributed by atoms with Crippen molar-refractivity contribution < 1.29 is 9.18 Å². The lowest BCUT2D eigenvalue weighted by Gasteiger charge is -2.06. The smallest absolute Gasteiger partial charge is 0.225 e. The Morgan fingerprint density at radius 3 is 2.48 bits per heavy atom. The summed E-state index contributed by atoms with van der Waals surface area (Å²) in [5.41, 5.74) is 0.612. The van der Waals surface area contributed by atoms with Crippen LogP contribution in [0.4, 0.5) is 10.1 Å². The van der Waals surface area contributed by atoms with Gasteiger partial charge < -0.3 is 5.32 Å². The highest BCUT2D eigenvalue weighted by molar-refractivity contribution is 7.99. The molecule has 0 aliphatic carbocycles. The highest BCUT2D eigenvalue weighted by atomic mass is 35.5. The Morgan fingerprint density at radius 2 is 1.81 bits per heavy atom. The lowest BCUT2D eigenvalue weighted by atomic mass is 10.3. The zero-order chi connectivity index (χ0) is 15.2. The van der Waals surface area contributed by atoms with E-state index in [0.717, 1.165) is 4.90 Å². The van der Waals surface area contributed by atoms with E-state index in [-0.39, 0.29) is 11.7 Å². The first-order valence-corrected chi connectivity index (χ1v) is 7.92. The van der Waals surface area contributed by atoms with Gasteiger partial charge in [0.15, 0.2) is 0 Å². The molecule has 6 heteroatoms. The quantitative estimate of drug-likeness (QED) is 0.750. The van der Waals surface area contributed by atoms with Crippen LogP contribution in [0, 0.1) is 5.82 Å². The largest absolute Gasteiger partial charge is 0.326 e. The summed E-state index contributed by atoms with van der Waals surface area (Å²) in [7, 11) is 0. The molecule has 0 aliphatic heterocycles. The van der Waals surface area contributed by atoms with Crippen molar-refractivity contribution in [2.24, 2.45) is 0 Å². The molecule has 0 radical (unpaired) electrons. The van der Waals surface area contributed by atoms with Crippen molar-refractivity contribution in [3.63, 3.8) is 0 Å². The predicted octanol–water partition coefficient (Wildman–Crippen LogP) is 5.25. The summed E-state index contributed by atoms with van der Waals surface area (Å²) in [6.45, 7) is 0. The van der Waals surface area contributed by atoms with Crippen LogP contribution in [0.15, 0.2) is 47.4 Å². The van der Waals surface area contributed by atoms with E-state index in [2.05, 4.69) is 5.32 Å². The number of hydrogen-bond donors (Lipinski definition) is 1. The second-order valence-electron chi connectivity index (χ2n) is 4.23. The first kappa shape index (κ1) is 16.1. The third-order valence-electron chi connectivity index (χ3n) is 2.61. The van der Waals surface area contributed by atoms with Gasteiger partial charge in [0, 0.05) is 22.8 Å². The molecule has 0 fully saturated rings. The topological polar surface area (TPSA) is 29.1 Å². The van der Waals surface area contributed by atoms with Gasteiger partial charge in [0.25, 0.3) is 0 Å². The van der Waals surface area contributed by atoms with Gasteiger partial charge >= 0.3 is 0 Å². The Hall–Kier alpha value is -1.23. The molecule has 2 nitrogen and oxygen atoms in total. The molecule has 110 valence electrons. The highest BCUT2D eigenvalue weighted by Gasteiger charge is 2.05. The molecule has 0 spiro atoms. The molecule has 1 amide bonds. The standard InChI is InChI=1S/C15H12Cl2FNOS/c16-13-6-3-11(9-14(13)17)19-15(20)7-8-21-12-4-1-10(18)2-5-12/h1-6,9H,7-8H2,(H,19,20). The lowest BCUT2D eigenvalue weighted by Crippen LogP contribution is -2.12. The molecule has 0 aromatic heterocycles. The van der Waals surface area contributed by atoms with Gasteiger partial charge in [-0.2, -0.15) is 0 Å². The van der Waals surface area contributed by atoms with Crippen LogP contribution in [0.25, 0.3) is 0 Å². The summed E-state index contributed by atoms with van der Waals surface area (Å²) in [4.78, 5) is 12.7. The highest BCUT2D eigenvalue weighted by Crippen LogP contribution is 2.25. The van der Waals surface area contributed by atoms with E-state index in [9.17, 15) is 9.18 Å². The SMILES string of the molecule is O=C(CCSc1ccc(F)cc1)Nc1ccc(Cl)c(Cl)c1. The van der Waals surface area contributed by atoms with Gasteiger partial charge in [-0.05, 0) is 42.5 Å². The van der Waals surface area contributed by atoms with Gasteiger partial charge in [-0.1, -0.05) is 23.2 Å². The Balaban J connectivity index is 1.79. The second-order valence-corrected chi connectivity index (χ2v) is 6.21. The maximum atomic E-state index is 12.7. The lowest BCUT2D eigenvalue weighted by molar-refractivity contribution is -0.115. The number of rotatable bonds is 5. The van der Waals surface area contributed by atoms with Crippen LogP contribution in [0.5, 0.6) is 0 Å². The molecule has 0 bridgehead atoms. The Morgan fingerprint density at radius 1 is 1.10 bits per heavy atom. The first-order chi connectivity index (χ1) is 10.0. The fourth-order valence-corrected chi connectivity index (χ4v) is 2.74. The van der Waals surface area contributed by atoms with Crippen molar-refractivity contribution in [2.45, 2.75) is 11.3 Å². The number of benzene rings is 2. The molecule has 0 saturated carbocycles. The van der Waals surface area contributed by atoms with Crippen LogP contribution < -0.4 is 5.32 Å². The fourth-order valence-electron chi connectivity index (χ4n) is 1.59. The summed E-state index contributed by atoms with van der Waals surface area (Å²) < 4.78 is 12.7. The molecular formula is C15H12Cl2FNOS. The summed E-state index contributed by atoms with van der Waals surface area (Å²) in [6, 6.07) is 11.1. The van der Waals surface area contributed by atoms with E-state index in [1.54, 1.807) is 30.3 Å². The molecular weight excluding hydrogens is 332 g/mol. The maximum Gasteiger partial charge on any atom is 0.225 e. The van der Waals surface area contributed by atoms with Gasteiger partial charge in [0.2, 0.25) is 5.91 Å². The molecule has 2 rings (SSSR count). The van der Waals surface area contributed by atoms with Crippen LogP contribution in [0.2, 0.25) is 10.0 Å². The normalized spacial score (nSPS) is 10.4. The summed E-state index contributed by atoms with van der Waals surface area (Å²) >= 11 is 13.2. The Labute approximate surface area is 136 Å². The third kappa shape index (κ3) is 5.23. The molecule has 0 atom stereocenters. The van der Waals surface area contributed by atoms with Crippen molar-refractivity contribution in [3.05, 3.63) is 58.3 Å². The number of thioether (sulfide) groups is 1. The molecule has 2 aromatic rings.